The van der Waals surface area contributed by atoms with Gasteiger partial charge in [-0.2, -0.15) is 0 Å². The van der Waals surface area contributed by atoms with Crippen molar-refractivity contribution in [1.29, 1.82) is 0 Å². The third-order valence-corrected chi connectivity index (χ3v) is 2.74. The van der Waals surface area contributed by atoms with Crippen molar-refractivity contribution < 1.29 is 13.6 Å². The molecular weight excluding hydrogens is 211 g/mol. The van der Waals surface area contributed by atoms with Gasteiger partial charge in [-0.25, -0.2) is 9.18 Å². The highest BCUT2D eigenvalue weighted by atomic mass is 19.1. The summed E-state index contributed by atoms with van der Waals surface area (Å²) in [4.78, 5) is 11.4. The topological polar surface area (TPSA) is 54.3 Å². The number of carbonyl (C=O) groups is 1. The predicted molar refractivity (Wildman–Crippen MR) is 56.9 cm³/mol. The van der Waals surface area contributed by atoms with Gasteiger partial charge in [-0.05, 0) is 18.9 Å². The lowest BCUT2D eigenvalue weighted by Crippen LogP contribution is -2.39. The Bertz CT molecular complexity index is 365. The molecule has 0 saturated carbocycles. The van der Waals surface area contributed by atoms with Gasteiger partial charge in [-0.1, -0.05) is 0 Å². The van der Waals surface area contributed by atoms with Crippen molar-refractivity contribution >= 4 is 6.03 Å². The number of carbonyl (C=O) groups excluding carboxylic acids is 1. The van der Waals surface area contributed by atoms with Crippen LogP contribution in [0.15, 0.2) is 16.7 Å². The maximum Gasteiger partial charge on any atom is 0.315 e. The molecule has 1 aromatic heterocycles. The Hall–Kier alpha value is -1.52. The second-order valence-corrected chi connectivity index (χ2v) is 3.83. The van der Waals surface area contributed by atoms with Crippen molar-refractivity contribution in [3.8, 4) is 0 Å². The normalized spacial score (nSPS) is 18.9. The van der Waals surface area contributed by atoms with Gasteiger partial charge in [-0.3, -0.25) is 0 Å². The van der Waals surface area contributed by atoms with E-state index in [1.807, 2.05) is 6.07 Å². The minimum absolute atomic E-state index is 0.0119. The fourth-order valence-corrected chi connectivity index (χ4v) is 2.01. The van der Waals surface area contributed by atoms with Crippen LogP contribution in [0.1, 0.15) is 30.2 Å². The second kappa shape index (κ2) is 5.01. The van der Waals surface area contributed by atoms with Crippen LogP contribution < -0.4 is 10.6 Å². The van der Waals surface area contributed by atoms with Crippen LogP contribution in [0.25, 0.3) is 0 Å². The Morgan fingerprint density at radius 3 is 3.31 bits per heavy atom. The number of rotatable bonds is 3. The van der Waals surface area contributed by atoms with E-state index in [0.29, 0.717) is 0 Å². The van der Waals surface area contributed by atoms with Gasteiger partial charge in [0, 0.05) is 18.5 Å². The quantitative estimate of drug-likeness (QED) is 0.827. The molecule has 0 radical (unpaired) electrons. The van der Waals surface area contributed by atoms with E-state index in [4.69, 9.17) is 4.42 Å². The van der Waals surface area contributed by atoms with E-state index < -0.39 is 6.67 Å². The lowest BCUT2D eigenvalue weighted by Gasteiger charge is -2.22. The summed E-state index contributed by atoms with van der Waals surface area (Å²) < 4.78 is 17.2. The van der Waals surface area contributed by atoms with Crippen molar-refractivity contribution in [1.82, 2.24) is 10.6 Å². The van der Waals surface area contributed by atoms with Gasteiger partial charge in [0.05, 0.1) is 12.3 Å². The van der Waals surface area contributed by atoms with Gasteiger partial charge in [0.25, 0.3) is 0 Å². The molecule has 5 heteroatoms. The van der Waals surface area contributed by atoms with Crippen LogP contribution in [-0.4, -0.2) is 19.3 Å². The molecule has 0 spiro atoms. The summed E-state index contributed by atoms with van der Waals surface area (Å²) in [6, 6.07) is 1.55. The summed E-state index contributed by atoms with van der Waals surface area (Å²) in [7, 11) is 0. The lowest BCUT2D eigenvalue weighted by atomic mass is 9.93. The molecule has 2 rings (SSSR count). The third-order valence-electron chi connectivity index (χ3n) is 2.74. The number of fused-ring (bicyclic) bond motifs is 1. The van der Waals surface area contributed by atoms with Crippen LogP contribution in [0.5, 0.6) is 0 Å². The van der Waals surface area contributed by atoms with E-state index in [-0.39, 0.29) is 18.6 Å². The van der Waals surface area contributed by atoms with Crippen LogP contribution in [-0.2, 0) is 6.42 Å². The van der Waals surface area contributed by atoms with Gasteiger partial charge >= 0.3 is 6.03 Å². The fraction of sp³-hybridized carbons (Fsp3) is 0.545. The number of nitrogens with one attached hydrogen (secondary N) is 2. The molecule has 2 amide bonds. The molecule has 0 fully saturated rings. The fourth-order valence-electron chi connectivity index (χ4n) is 2.01. The van der Waals surface area contributed by atoms with Crippen molar-refractivity contribution in [3.63, 3.8) is 0 Å². The molecule has 0 aliphatic heterocycles. The number of amides is 2. The number of hydrogen-bond acceptors (Lipinski definition) is 2. The Balaban J connectivity index is 1.94. The summed E-state index contributed by atoms with van der Waals surface area (Å²) in [6.07, 6.45) is 4.46. The minimum Gasteiger partial charge on any atom is -0.469 e. The highest BCUT2D eigenvalue weighted by molar-refractivity contribution is 5.74. The zero-order chi connectivity index (χ0) is 11.4. The zero-order valence-corrected chi connectivity index (χ0v) is 8.96. The van der Waals surface area contributed by atoms with Crippen LogP contribution in [0, 0.1) is 0 Å². The smallest absolute Gasteiger partial charge is 0.315 e. The van der Waals surface area contributed by atoms with Crippen LogP contribution in [0.3, 0.4) is 0 Å². The predicted octanol–water partition coefficient (Wildman–Crippen LogP) is 1.93. The number of aryl methyl sites for hydroxylation is 1. The molecule has 1 aliphatic carbocycles. The molecule has 4 nitrogen and oxygen atoms in total. The van der Waals surface area contributed by atoms with E-state index in [9.17, 15) is 9.18 Å². The largest absolute Gasteiger partial charge is 0.469 e. The van der Waals surface area contributed by atoms with Gasteiger partial charge in [0.1, 0.15) is 12.4 Å². The number of urea groups is 1. The Kier molecular flexibility index (Phi) is 3.44. The molecule has 1 unspecified atom stereocenters. The standard InChI is InChI=1S/C11H15FN2O2/c12-5-6-13-11(15)14-9-2-1-3-10-8(9)4-7-16-10/h4,7,9H,1-3,5-6H2,(H2,13,14,15). The number of alkyl halides is 1. The molecule has 88 valence electrons. The first-order valence-corrected chi connectivity index (χ1v) is 5.48. The lowest BCUT2D eigenvalue weighted by molar-refractivity contribution is 0.234. The van der Waals surface area contributed by atoms with Crippen LogP contribution in [0.2, 0.25) is 0 Å². The van der Waals surface area contributed by atoms with E-state index in [1.54, 1.807) is 6.26 Å². The first-order chi connectivity index (χ1) is 7.81. The maximum atomic E-state index is 11.9. The molecule has 1 aromatic rings. The SMILES string of the molecule is O=C(NCCF)NC1CCCc2occc21. The maximum absolute atomic E-state index is 11.9. The highest BCUT2D eigenvalue weighted by Gasteiger charge is 2.23. The highest BCUT2D eigenvalue weighted by Crippen LogP contribution is 2.30. The van der Waals surface area contributed by atoms with Crippen molar-refractivity contribution in [2.45, 2.75) is 25.3 Å². The van der Waals surface area contributed by atoms with Gasteiger partial charge in [-0.15, -0.1) is 0 Å². The molecule has 1 heterocycles. The number of halogens is 1. The van der Waals surface area contributed by atoms with E-state index in [2.05, 4.69) is 10.6 Å². The summed E-state index contributed by atoms with van der Waals surface area (Å²) in [6.45, 7) is -0.494. The third kappa shape index (κ3) is 2.35. The molecular formula is C11H15FN2O2. The molecule has 16 heavy (non-hydrogen) atoms. The van der Waals surface area contributed by atoms with Crippen LogP contribution >= 0.6 is 0 Å². The number of furan rings is 1. The first kappa shape index (κ1) is 11.0. The molecule has 0 saturated heterocycles. The zero-order valence-electron chi connectivity index (χ0n) is 8.96. The van der Waals surface area contributed by atoms with Crippen molar-refractivity contribution in [2.24, 2.45) is 0 Å². The summed E-state index contributed by atoms with van der Waals surface area (Å²) in [5, 5.41) is 5.27. The van der Waals surface area contributed by atoms with E-state index in [1.165, 1.54) is 0 Å². The van der Waals surface area contributed by atoms with E-state index in [0.717, 1.165) is 30.6 Å². The molecule has 0 bridgehead atoms. The average molecular weight is 226 g/mol. The molecule has 2 N–H and O–H groups in total. The molecule has 1 atom stereocenters. The Labute approximate surface area is 93.2 Å². The van der Waals surface area contributed by atoms with Gasteiger partial charge < -0.3 is 15.1 Å². The average Bonchev–Trinajstić information content (AvgIpc) is 2.75. The van der Waals surface area contributed by atoms with Gasteiger partial charge in [0.2, 0.25) is 0 Å². The first-order valence-electron chi connectivity index (χ1n) is 5.48. The summed E-state index contributed by atoms with van der Waals surface area (Å²) in [5.41, 5.74) is 1.04. The van der Waals surface area contributed by atoms with Gasteiger partial charge in [0.15, 0.2) is 0 Å². The summed E-state index contributed by atoms with van der Waals surface area (Å²) in [5.74, 6) is 0.946. The Morgan fingerprint density at radius 1 is 1.62 bits per heavy atom. The Morgan fingerprint density at radius 2 is 2.50 bits per heavy atom. The van der Waals surface area contributed by atoms with Crippen molar-refractivity contribution in [2.75, 3.05) is 13.2 Å². The van der Waals surface area contributed by atoms with E-state index >= 15 is 0 Å². The van der Waals surface area contributed by atoms with Crippen molar-refractivity contribution in [3.05, 3.63) is 23.7 Å². The van der Waals surface area contributed by atoms with Crippen LogP contribution in [0.4, 0.5) is 9.18 Å². The summed E-state index contributed by atoms with van der Waals surface area (Å²) >= 11 is 0. The molecule has 1 aliphatic rings. The molecule has 0 aromatic carbocycles. The number of hydrogen-bond donors (Lipinski definition) is 2. The second-order valence-electron chi connectivity index (χ2n) is 3.83. The monoisotopic (exact) mass is 226 g/mol. The minimum atomic E-state index is -0.547.